The highest BCUT2D eigenvalue weighted by Crippen LogP contribution is 2.18. The Labute approximate surface area is 108 Å². The number of amides is 2. The van der Waals surface area contributed by atoms with Gasteiger partial charge in [-0.25, -0.2) is 0 Å². The minimum absolute atomic E-state index is 0.0252. The molecule has 2 atom stereocenters. The van der Waals surface area contributed by atoms with Gasteiger partial charge in [0.05, 0.1) is 12.6 Å². The van der Waals surface area contributed by atoms with Crippen molar-refractivity contribution in [3.8, 4) is 0 Å². The van der Waals surface area contributed by atoms with Gasteiger partial charge in [-0.05, 0) is 32.1 Å². The molecule has 0 aromatic heterocycles. The monoisotopic (exact) mass is 254 g/mol. The third kappa shape index (κ3) is 3.02. The average molecular weight is 254 g/mol. The lowest BCUT2D eigenvalue weighted by Gasteiger charge is -2.35. The summed E-state index contributed by atoms with van der Waals surface area (Å²) in [5, 5.41) is 2.64. The van der Waals surface area contributed by atoms with Crippen molar-refractivity contribution in [3.05, 3.63) is 0 Å². The van der Waals surface area contributed by atoms with Crippen molar-refractivity contribution in [2.75, 3.05) is 19.7 Å². The molecule has 102 valence electrons. The molecule has 0 aromatic carbocycles. The van der Waals surface area contributed by atoms with Gasteiger partial charge >= 0.3 is 0 Å². The second kappa shape index (κ2) is 6.18. The molecule has 0 radical (unpaired) electrons. The average Bonchev–Trinajstić information content (AvgIpc) is 2.41. The molecule has 0 bridgehead atoms. The first-order valence-corrected chi connectivity index (χ1v) is 6.91. The highest BCUT2D eigenvalue weighted by atomic mass is 16.5. The number of piperazine rings is 1. The van der Waals surface area contributed by atoms with E-state index in [1.165, 1.54) is 6.42 Å². The molecule has 2 aliphatic rings. The molecule has 2 saturated heterocycles. The molecule has 2 heterocycles. The molecule has 18 heavy (non-hydrogen) atoms. The van der Waals surface area contributed by atoms with E-state index < -0.39 is 0 Å². The van der Waals surface area contributed by atoms with Gasteiger partial charge in [-0.1, -0.05) is 6.92 Å². The zero-order valence-corrected chi connectivity index (χ0v) is 11.0. The van der Waals surface area contributed by atoms with E-state index in [0.29, 0.717) is 13.0 Å². The Morgan fingerprint density at radius 1 is 1.39 bits per heavy atom. The number of nitrogens with one attached hydrogen (secondary N) is 1. The van der Waals surface area contributed by atoms with E-state index in [0.717, 1.165) is 25.9 Å². The van der Waals surface area contributed by atoms with Gasteiger partial charge in [0, 0.05) is 13.2 Å². The number of carbonyl (C=O) groups is 2. The second-order valence-electron chi connectivity index (χ2n) is 5.01. The van der Waals surface area contributed by atoms with Crippen LogP contribution in [0.5, 0.6) is 0 Å². The van der Waals surface area contributed by atoms with Crippen molar-refractivity contribution in [2.24, 2.45) is 0 Å². The summed E-state index contributed by atoms with van der Waals surface area (Å²) < 4.78 is 5.66. The summed E-state index contributed by atoms with van der Waals surface area (Å²) in [5.74, 6) is -0.000998. The lowest BCUT2D eigenvalue weighted by Crippen LogP contribution is -2.58. The minimum Gasteiger partial charge on any atom is -0.378 e. The van der Waals surface area contributed by atoms with Crippen LogP contribution in [0.1, 0.15) is 39.0 Å². The van der Waals surface area contributed by atoms with E-state index in [1.807, 2.05) is 6.92 Å². The summed E-state index contributed by atoms with van der Waals surface area (Å²) in [6.45, 7) is 3.54. The van der Waals surface area contributed by atoms with Crippen LogP contribution in [0.25, 0.3) is 0 Å². The summed E-state index contributed by atoms with van der Waals surface area (Å²) in [7, 11) is 0. The summed E-state index contributed by atoms with van der Waals surface area (Å²) in [4.78, 5) is 25.3. The number of carbonyl (C=O) groups excluding carboxylic acids is 2. The summed E-state index contributed by atoms with van der Waals surface area (Å²) in [6, 6.07) is -0.296. The predicted molar refractivity (Wildman–Crippen MR) is 67.0 cm³/mol. The van der Waals surface area contributed by atoms with Gasteiger partial charge in [0.15, 0.2) is 0 Å². The molecule has 1 N–H and O–H groups in total. The summed E-state index contributed by atoms with van der Waals surface area (Å²) in [5.41, 5.74) is 0. The molecule has 5 nitrogen and oxygen atoms in total. The SMILES string of the molecule is CCC1C(=O)NCC(=O)N1CCC1CCCCO1. The maximum Gasteiger partial charge on any atom is 0.243 e. The molecule has 2 amide bonds. The smallest absolute Gasteiger partial charge is 0.243 e. The fourth-order valence-corrected chi connectivity index (χ4v) is 2.70. The van der Waals surface area contributed by atoms with Crippen LogP contribution in [0.15, 0.2) is 0 Å². The van der Waals surface area contributed by atoms with Crippen LogP contribution >= 0.6 is 0 Å². The molecule has 0 aromatic rings. The fourth-order valence-electron chi connectivity index (χ4n) is 2.70. The molecular formula is C13H22N2O3. The molecule has 2 fully saturated rings. The van der Waals surface area contributed by atoms with E-state index in [4.69, 9.17) is 4.74 Å². The van der Waals surface area contributed by atoms with Gasteiger partial charge in [-0.2, -0.15) is 0 Å². The zero-order chi connectivity index (χ0) is 13.0. The third-order valence-corrected chi connectivity index (χ3v) is 3.77. The van der Waals surface area contributed by atoms with Gasteiger partial charge in [-0.3, -0.25) is 9.59 Å². The van der Waals surface area contributed by atoms with Crippen molar-refractivity contribution >= 4 is 11.8 Å². The highest BCUT2D eigenvalue weighted by molar-refractivity contribution is 5.94. The molecular weight excluding hydrogens is 232 g/mol. The Hall–Kier alpha value is -1.10. The number of nitrogens with zero attached hydrogens (tertiary/aromatic N) is 1. The molecule has 0 spiro atoms. The van der Waals surface area contributed by atoms with Crippen LogP contribution < -0.4 is 5.32 Å². The van der Waals surface area contributed by atoms with E-state index >= 15 is 0 Å². The van der Waals surface area contributed by atoms with Gasteiger partial charge in [-0.15, -0.1) is 0 Å². The van der Waals surface area contributed by atoms with Crippen LogP contribution in [-0.4, -0.2) is 48.6 Å². The molecule has 0 aliphatic carbocycles. The molecule has 2 rings (SSSR count). The largest absolute Gasteiger partial charge is 0.378 e. The maximum atomic E-state index is 11.9. The van der Waals surface area contributed by atoms with Crippen LogP contribution in [-0.2, 0) is 14.3 Å². The molecule has 2 aliphatic heterocycles. The summed E-state index contributed by atoms with van der Waals surface area (Å²) >= 11 is 0. The number of ether oxygens (including phenoxy) is 1. The predicted octanol–water partition coefficient (Wildman–Crippen LogP) is 0.683. The van der Waals surface area contributed by atoms with E-state index in [1.54, 1.807) is 4.90 Å². The van der Waals surface area contributed by atoms with Crippen LogP contribution in [0.2, 0.25) is 0 Å². The van der Waals surface area contributed by atoms with Crippen molar-refractivity contribution in [3.63, 3.8) is 0 Å². The molecule has 5 heteroatoms. The van der Waals surface area contributed by atoms with E-state index in [9.17, 15) is 9.59 Å². The van der Waals surface area contributed by atoms with Gasteiger partial charge in [0.1, 0.15) is 6.04 Å². The lowest BCUT2D eigenvalue weighted by atomic mass is 10.0. The maximum absolute atomic E-state index is 11.9. The van der Waals surface area contributed by atoms with Crippen molar-refractivity contribution in [1.29, 1.82) is 0 Å². The molecule has 0 saturated carbocycles. The fraction of sp³-hybridized carbons (Fsp3) is 0.846. The van der Waals surface area contributed by atoms with Crippen LogP contribution in [0.4, 0.5) is 0 Å². The number of hydrogen-bond donors (Lipinski definition) is 1. The van der Waals surface area contributed by atoms with E-state index in [2.05, 4.69) is 5.32 Å². The second-order valence-corrected chi connectivity index (χ2v) is 5.01. The standard InChI is InChI=1S/C13H22N2O3/c1-2-11-13(17)14-9-12(16)15(11)7-6-10-5-3-4-8-18-10/h10-11H,2-9H2,1H3,(H,14,17). The first-order valence-electron chi connectivity index (χ1n) is 6.91. The van der Waals surface area contributed by atoms with E-state index in [-0.39, 0.29) is 30.5 Å². The Morgan fingerprint density at radius 3 is 2.89 bits per heavy atom. The Balaban J connectivity index is 1.88. The summed E-state index contributed by atoms with van der Waals surface area (Å²) in [6.07, 6.45) is 5.19. The van der Waals surface area contributed by atoms with Gasteiger partial charge < -0.3 is 15.0 Å². The van der Waals surface area contributed by atoms with Crippen molar-refractivity contribution in [1.82, 2.24) is 10.2 Å². The van der Waals surface area contributed by atoms with Crippen molar-refractivity contribution in [2.45, 2.75) is 51.2 Å². The van der Waals surface area contributed by atoms with Gasteiger partial charge in [0.2, 0.25) is 11.8 Å². The minimum atomic E-state index is -0.296. The first-order chi connectivity index (χ1) is 8.72. The Bertz CT molecular complexity index is 313. The van der Waals surface area contributed by atoms with Gasteiger partial charge in [0.25, 0.3) is 0 Å². The Kier molecular flexibility index (Phi) is 4.58. The zero-order valence-electron chi connectivity index (χ0n) is 11.0. The van der Waals surface area contributed by atoms with Crippen LogP contribution in [0.3, 0.4) is 0 Å². The Morgan fingerprint density at radius 2 is 2.22 bits per heavy atom. The van der Waals surface area contributed by atoms with Crippen molar-refractivity contribution < 1.29 is 14.3 Å². The molecule has 2 unspecified atom stereocenters. The third-order valence-electron chi connectivity index (χ3n) is 3.77. The quantitative estimate of drug-likeness (QED) is 0.802. The number of hydrogen-bond acceptors (Lipinski definition) is 3. The topological polar surface area (TPSA) is 58.6 Å². The lowest BCUT2D eigenvalue weighted by molar-refractivity contribution is -0.146. The first kappa shape index (κ1) is 13.3. The van der Waals surface area contributed by atoms with Crippen LogP contribution in [0, 0.1) is 0 Å². The normalized spacial score (nSPS) is 29.3. The number of rotatable bonds is 4. The highest BCUT2D eigenvalue weighted by Gasteiger charge is 2.33.